The van der Waals surface area contributed by atoms with Crippen molar-refractivity contribution < 1.29 is 4.74 Å². The molecule has 2 fully saturated rings. The Morgan fingerprint density at radius 2 is 2.26 bits per heavy atom. The van der Waals surface area contributed by atoms with E-state index in [4.69, 9.17) is 4.74 Å². The minimum atomic E-state index is 0.273. The summed E-state index contributed by atoms with van der Waals surface area (Å²) in [6, 6.07) is 0.492. The van der Waals surface area contributed by atoms with Crippen LogP contribution in [0.4, 0.5) is 0 Å². The van der Waals surface area contributed by atoms with Gasteiger partial charge in [-0.1, -0.05) is 6.92 Å². The molecule has 0 aliphatic carbocycles. The molecule has 0 bridgehead atoms. The lowest BCUT2D eigenvalue weighted by molar-refractivity contribution is 0.173. The molecule has 3 heterocycles. The van der Waals surface area contributed by atoms with Crippen molar-refractivity contribution in [3.05, 3.63) is 18.2 Å². The summed E-state index contributed by atoms with van der Waals surface area (Å²) in [5.41, 5.74) is 1.68. The fraction of sp³-hybridized carbons (Fsp3) is 0.800. The summed E-state index contributed by atoms with van der Waals surface area (Å²) >= 11 is 0. The normalized spacial score (nSPS) is 28.4. The van der Waals surface area contributed by atoms with E-state index in [9.17, 15) is 0 Å². The van der Waals surface area contributed by atoms with Crippen molar-refractivity contribution in [3.8, 4) is 0 Å². The minimum absolute atomic E-state index is 0.273. The molecule has 106 valence electrons. The number of piperidine rings is 1. The van der Waals surface area contributed by atoms with Crippen LogP contribution in [-0.2, 0) is 10.2 Å². The first-order valence-corrected chi connectivity index (χ1v) is 7.51. The topological polar surface area (TPSA) is 39.1 Å². The maximum absolute atomic E-state index is 5.54. The zero-order valence-corrected chi connectivity index (χ0v) is 12.1. The molecule has 1 aromatic rings. The van der Waals surface area contributed by atoms with Crippen LogP contribution in [0.3, 0.4) is 0 Å². The summed E-state index contributed by atoms with van der Waals surface area (Å²) in [4.78, 5) is 4.44. The van der Waals surface area contributed by atoms with Gasteiger partial charge in [0, 0.05) is 35.9 Å². The zero-order valence-electron chi connectivity index (χ0n) is 12.1. The highest BCUT2D eigenvalue weighted by Crippen LogP contribution is 2.36. The summed E-state index contributed by atoms with van der Waals surface area (Å²) in [5.74, 6) is 0.637. The highest BCUT2D eigenvalue weighted by atomic mass is 16.5. The molecule has 2 aliphatic rings. The van der Waals surface area contributed by atoms with E-state index in [1.165, 1.54) is 25.0 Å². The second-order valence-corrected chi connectivity index (χ2v) is 6.36. The fourth-order valence-electron chi connectivity index (χ4n) is 3.49. The molecule has 2 atom stereocenters. The molecule has 0 amide bonds. The van der Waals surface area contributed by atoms with Gasteiger partial charge in [-0.3, -0.25) is 0 Å². The second-order valence-electron chi connectivity index (χ2n) is 6.36. The Morgan fingerprint density at radius 1 is 1.47 bits per heavy atom. The van der Waals surface area contributed by atoms with Crippen molar-refractivity contribution in [2.24, 2.45) is 5.92 Å². The van der Waals surface area contributed by atoms with E-state index in [0.717, 1.165) is 26.3 Å². The molecule has 0 radical (unpaired) electrons. The maximum Gasteiger partial charge on any atom is 0.0950 e. The number of hydrogen-bond acceptors (Lipinski definition) is 3. The average molecular weight is 263 g/mol. The molecule has 2 unspecified atom stereocenters. The standard InChI is InChI=1S/C15H25N3O/c1-12(13-3-8-19-10-13)18-11-17-9-14(18)15(2)4-6-16-7-5-15/h9,11-13,16H,3-8,10H2,1-2H3. The SMILES string of the molecule is CC(C1CCOC1)n1cncc1C1(C)CCNCC1. The Bertz CT molecular complexity index is 417. The summed E-state index contributed by atoms with van der Waals surface area (Å²) in [7, 11) is 0. The smallest absolute Gasteiger partial charge is 0.0950 e. The van der Waals surface area contributed by atoms with Crippen LogP contribution in [0.1, 0.15) is 44.8 Å². The number of nitrogens with zero attached hydrogens (tertiary/aromatic N) is 2. The first kappa shape index (κ1) is 13.1. The number of aromatic nitrogens is 2. The van der Waals surface area contributed by atoms with Crippen LogP contribution in [0.5, 0.6) is 0 Å². The van der Waals surface area contributed by atoms with Gasteiger partial charge in [-0.2, -0.15) is 0 Å². The van der Waals surface area contributed by atoms with Gasteiger partial charge in [0.1, 0.15) is 0 Å². The quantitative estimate of drug-likeness (QED) is 0.908. The molecule has 0 saturated carbocycles. The molecule has 4 nitrogen and oxygen atoms in total. The van der Waals surface area contributed by atoms with Gasteiger partial charge in [-0.25, -0.2) is 4.98 Å². The largest absolute Gasteiger partial charge is 0.381 e. The van der Waals surface area contributed by atoms with Crippen LogP contribution in [0.25, 0.3) is 0 Å². The third kappa shape index (κ3) is 2.43. The average Bonchev–Trinajstić information content (AvgIpc) is 3.10. The lowest BCUT2D eigenvalue weighted by Crippen LogP contribution is -2.39. The molecule has 0 spiro atoms. The third-order valence-corrected chi connectivity index (χ3v) is 5.08. The summed E-state index contributed by atoms with van der Waals surface area (Å²) in [6.07, 6.45) is 7.68. The lowest BCUT2D eigenvalue weighted by Gasteiger charge is -2.36. The Balaban J connectivity index is 1.84. The fourth-order valence-corrected chi connectivity index (χ4v) is 3.49. The highest BCUT2D eigenvalue weighted by Gasteiger charge is 2.34. The number of hydrogen-bond donors (Lipinski definition) is 1. The van der Waals surface area contributed by atoms with Gasteiger partial charge in [-0.05, 0) is 39.3 Å². The molecule has 3 rings (SSSR count). The van der Waals surface area contributed by atoms with Gasteiger partial charge >= 0.3 is 0 Å². The predicted octanol–water partition coefficient (Wildman–Crippen LogP) is 2.12. The molecule has 19 heavy (non-hydrogen) atoms. The van der Waals surface area contributed by atoms with Crippen molar-refractivity contribution in [2.75, 3.05) is 26.3 Å². The minimum Gasteiger partial charge on any atom is -0.381 e. The van der Waals surface area contributed by atoms with Crippen LogP contribution < -0.4 is 5.32 Å². The Kier molecular flexibility index (Phi) is 3.63. The first-order chi connectivity index (χ1) is 9.21. The molecule has 1 N–H and O–H groups in total. The lowest BCUT2D eigenvalue weighted by atomic mass is 9.78. The predicted molar refractivity (Wildman–Crippen MR) is 75.3 cm³/mol. The van der Waals surface area contributed by atoms with Crippen LogP contribution in [-0.4, -0.2) is 35.9 Å². The number of nitrogens with one attached hydrogen (secondary N) is 1. The zero-order chi connectivity index (χ0) is 13.3. The van der Waals surface area contributed by atoms with Crippen molar-refractivity contribution >= 4 is 0 Å². The molecule has 0 aromatic carbocycles. The van der Waals surface area contributed by atoms with Crippen LogP contribution in [0.15, 0.2) is 12.5 Å². The highest BCUT2D eigenvalue weighted by molar-refractivity contribution is 5.16. The van der Waals surface area contributed by atoms with E-state index in [1.807, 2.05) is 6.33 Å². The molecular weight excluding hydrogens is 238 g/mol. The third-order valence-electron chi connectivity index (χ3n) is 5.08. The van der Waals surface area contributed by atoms with E-state index >= 15 is 0 Å². The Labute approximate surface area is 115 Å². The van der Waals surface area contributed by atoms with E-state index < -0.39 is 0 Å². The van der Waals surface area contributed by atoms with Gasteiger partial charge in [0.05, 0.1) is 12.9 Å². The number of imidazole rings is 1. The van der Waals surface area contributed by atoms with Crippen molar-refractivity contribution in [1.29, 1.82) is 0 Å². The maximum atomic E-state index is 5.54. The van der Waals surface area contributed by atoms with Gasteiger partial charge in [0.25, 0.3) is 0 Å². The van der Waals surface area contributed by atoms with E-state index in [1.54, 1.807) is 0 Å². The van der Waals surface area contributed by atoms with Crippen LogP contribution in [0.2, 0.25) is 0 Å². The molecular formula is C15H25N3O. The van der Waals surface area contributed by atoms with Crippen molar-refractivity contribution in [3.63, 3.8) is 0 Å². The Morgan fingerprint density at radius 3 is 2.95 bits per heavy atom. The Hall–Kier alpha value is -0.870. The van der Waals surface area contributed by atoms with E-state index in [-0.39, 0.29) is 5.41 Å². The van der Waals surface area contributed by atoms with Gasteiger partial charge < -0.3 is 14.6 Å². The van der Waals surface area contributed by atoms with Crippen LogP contribution >= 0.6 is 0 Å². The number of ether oxygens (including phenoxy) is 1. The number of rotatable bonds is 3. The first-order valence-electron chi connectivity index (χ1n) is 7.51. The molecule has 1 aromatic heterocycles. The van der Waals surface area contributed by atoms with Gasteiger partial charge in [0.15, 0.2) is 0 Å². The van der Waals surface area contributed by atoms with Crippen molar-refractivity contribution in [1.82, 2.24) is 14.9 Å². The summed E-state index contributed by atoms with van der Waals surface area (Å²) in [5, 5.41) is 3.46. The van der Waals surface area contributed by atoms with Gasteiger partial charge in [0.2, 0.25) is 0 Å². The van der Waals surface area contributed by atoms with Gasteiger partial charge in [-0.15, -0.1) is 0 Å². The van der Waals surface area contributed by atoms with Crippen LogP contribution in [0, 0.1) is 5.92 Å². The van der Waals surface area contributed by atoms with Crippen molar-refractivity contribution in [2.45, 2.75) is 44.6 Å². The monoisotopic (exact) mass is 263 g/mol. The summed E-state index contributed by atoms with van der Waals surface area (Å²) in [6.45, 7) is 8.75. The van der Waals surface area contributed by atoms with E-state index in [0.29, 0.717) is 12.0 Å². The summed E-state index contributed by atoms with van der Waals surface area (Å²) < 4.78 is 7.95. The second kappa shape index (κ2) is 5.25. The molecule has 4 heteroatoms. The molecule has 2 saturated heterocycles. The van der Waals surface area contributed by atoms with E-state index in [2.05, 4.69) is 34.9 Å². The molecule has 2 aliphatic heterocycles.